The number of anilines is 3. The van der Waals surface area contributed by atoms with E-state index in [9.17, 15) is 31.5 Å². The first-order valence-electron chi connectivity index (χ1n) is 14.1. The number of aromatic nitrogens is 2. The Balaban J connectivity index is 1.72. The molecule has 1 aliphatic heterocycles. The SMILES string of the molecule is CCn1c(Nc2c(Cl)ccc(CNC(=O)C(C)(C)C)c2Cl)nc2cc(C(=O)NCC(F)(F)C(F)(F)F)c(N3CCOCC3)cc21. The largest absolute Gasteiger partial charge is 0.455 e. The second-order valence-electron chi connectivity index (χ2n) is 11.5. The van der Waals surface area contributed by atoms with Gasteiger partial charge in [-0.2, -0.15) is 22.0 Å². The molecule has 2 aromatic carbocycles. The van der Waals surface area contributed by atoms with Crippen LogP contribution in [0.3, 0.4) is 0 Å². The molecule has 1 aromatic heterocycles. The number of halogens is 7. The van der Waals surface area contributed by atoms with E-state index in [2.05, 4.69) is 15.6 Å². The maximum atomic E-state index is 13.6. The van der Waals surface area contributed by atoms with Gasteiger partial charge in [0.15, 0.2) is 0 Å². The molecule has 0 radical (unpaired) electrons. The van der Waals surface area contributed by atoms with E-state index in [0.717, 1.165) is 0 Å². The molecule has 0 aliphatic carbocycles. The number of alkyl halides is 5. The van der Waals surface area contributed by atoms with Crippen LogP contribution in [0.15, 0.2) is 24.3 Å². The summed E-state index contributed by atoms with van der Waals surface area (Å²) in [5.74, 6) is -6.12. The number of nitrogens with zero attached hydrogens (tertiary/aromatic N) is 3. The van der Waals surface area contributed by atoms with Crippen LogP contribution < -0.4 is 20.9 Å². The van der Waals surface area contributed by atoms with Gasteiger partial charge in [-0.15, -0.1) is 0 Å². The van der Waals surface area contributed by atoms with Crippen LogP contribution in [0.5, 0.6) is 0 Å². The topological polar surface area (TPSA) is 101 Å². The zero-order valence-corrected chi connectivity index (χ0v) is 26.5. The van der Waals surface area contributed by atoms with Gasteiger partial charge in [0.2, 0.25) is 11.9 Å². The molecular formula is C29H33Cl2F5N6O3. The summed E-state index contributed by atoms with van der Waals surface area (Å²) in [6.07, 6.45) is -5.82. The quantitative estimate of drug-likeness (QED) is 0.223. The van der Waals surface area contributed by atoms with Crippen LogP contribution in [0, 0.1) is 5.41 Å². The normalized spacial score (nSPS) is 14.5. The van der Waals surface area contributed by atoms with E-state index in [-0.39, 0.29) is 39.5 Å². The smallest absolute Gasteiger partial charge is 0.378 e. The van der Waals surface area contributed by atoms with Crippen LogP contribution in [0.2, 0.25) is 10.0 Å². The molecule has 2 amide bonds. The van der Waals surface area contributed by atoms with Crippen molar-refractivity contribution in [2.75, 3.05) is 43.1 Å². The molecule has 0 unspecified atom stereocenters. The van der Waals surface area contributed by atoms with Crippen molar-refractivity contribution >= 4 is 63.4 Å². The predicted molar refractivity (Wildman–Crippen MR) is 163 cm³/mol. The molecule has 3 N–H and O–H groups in total. The Kier molecular flexibility index (Phi) is 10.1. The number of hydrogen-bond acceptors (Lipinski definition) is 6. The molecule has 0 saturated carbocycles. The van der Waals surface area contributed by atoms with Gasteiger partial charge in [0.25, 0.3) is 5.91 Å². The van der Waals surface area contributed by atoms with Crippen LogP contribution in [0.1, 0.15) is 43.6 Å². The fourth-order valence-electron chi connectivity index (χ4n) is 4.61. The molecule has 4 rings (SSSR count). The number of carbonyl (C=O) groups is 2. The first-order chi connectivity index (χ1) is 20.9. The molecule has 3 aromatic rings. The summed E-state index contributed by atoms with van der Waals surface area (Å²) in [4.78, 5) is 31.9. The Morgan fingerprint density at radius 1 is 1.02 bits per heavy atom. The van der Waals surface area contributed by atoms with Crippen molar-refractivity contribution < 1.29 is 36.3 Å². The van der Waals surface area contributed by atoms with Crippen LogP contribution in [-0.2, 0) is 22.6 Å². The van der Waals surface area contributed by atoms with Gasteiger partial charge >= 0.3 is 12.1 Å². The van der Waals surface area contributed by atoms with Crippen molar-refractivity contribution in [2.45, 2.75) is 52.9 Å². The first-order valence-corrected chi connectivity index (χ1v) is 14.8. The molecular weight excluding hydrogens is 646 g/mol. The fraction of sp³-hybridized carbons (Fsp3) is 0.483. The average molecular weight is 680 g/mol. The number of amides is 2. The Hall–Kier alpha value is -3.36. The Morgan fingerprint density at radius 3 is 2.29 bits per heavy atom. The number of morpholine rings is 1. The molecule has 0 bridgehead atoms. The lowest BCUT2D eigenvalue weighted by molar-refractivity contribution is -0.278. The molecule has 246 valence electrons. The number of imidazole rings is 1. The van der Waals surface area contributed by atoms with Gasteiger partial charge in [-0.1, -0.05) is 50.0 Å². The highest BCUT2D eigenvalue weighted by atomic mass is 35.5. The van der Waals surface area contributed by atoms with Crippen LogP contribution in [0.4, 0.5) is 39.3 Å². The Morgan fingerprint density at radius 2 is 1.69 bits per heavy atom. The minimum atomic E-state index is -5.82. The number of ether oxygens (including phenoxy) is 1. The van der Waals surface area contributed by atoms with Crippen LogP contribution in [-0.4, -0.2) is 66.3 Å². The third kappa shape index (κ3) is 7.55. The van der Waals surface area contributed by atoms with Gasteiger partial charge < -0.3 is 30.2 Å². The second-order valence-corrected chi connectivity index (χ2v) is 12.3. The van der Waals surface area contributed by atoms with E-state index >= 15 is 0 Å². The van der Waals surface area contributed by atoms with Gasteiger partial charge in [0, 0.05) is 31.6 Å². The van der Waals surface area contributed by atoms with Gasteiger partial charge in [0.05, 0.1) is 57.8 Å². The summed E-state index contributed by atoms with van der Waals surface area (Å²) >= 11 is 13.2. The predicted octanol–water partition coefficient (Wildman–Crippen LogP) is 6.53. The third-order valence-corrected chi connectivity index (χ3v) is 7.94. The minimum absolute atomic E-state index is 0.123. The summed E-state index contributed by atoms with van der Waals surface area (Å²) in [5.41, 5.74) is 1.32. The summed E-state index contributed by atoms with van der Waals surface area (Å²) in [7, 11) is 0. The zero-order valence-electron chi connectivity index (χ0n) is 25.0. The number of nitrogens with one attached hydrogen (secondary N) is 3. The minimum Gasteiger partial charge on any atom is -0.378 e. The molecule has 45 heavy (non-hydrogen) atoms. The number of aryl methyl sites for hydroxylation is 1. The van der Waals surface area contributed by atoms with Crippen LogP contribution >= 0.6 is 23.2 Å². The molecule has 1 saturated heterocycles. The van der Waals surface area contributed by atoms with E-state index in [0.29, 0.717) is 55.3 Å². The van der Waals surface area contributed by atoms with E-state index in [1.54, 1.807) is 53.8 Å². The highest BCUT2D eigenvalue weighted by molar-refractivity contribution is 6.39. The Labute approximate surface area is 266 Å². The highest BCUT2D eigenvalue weighted by Gasteiger charge is 2.57. The summed E-state index contributed by atoms with van der Waals surface area (Å²) in [6.45, 7) is 7.18. The van der Waals surface area contributed by atoms with Crippen molar-refractivity contribution in [3.63, 3.8) is 0 Å². The lowest BCUT2D eigenvalue weighted by Gasteiger charge is -2.30. The lowest BCUT2D eigenvalue weighted by Crippen LogP contribution is -2.47. The molecule has 0 spiro atoms. The monoisotopic (exact) mass is 678 g/mol. The summed E-state index contributed by atoms with van der Waals surface area (Å²) in [5, 5.41) is 8.21. The molecule has 16 heteroatoms. The molecule has 1 fully saturated rings. The summed E-state index contributed by atoms with van der Waals surface area (Å²) in [6, 6.07) is 6.29. The standard InChI is InChI=1S/C29H33Cl2F5N6O3/c1-5-42-21-13-20(41-8-10-45-11-9-41)17(24(43)38-15-28(32,33)29(34,35)36)12-19(21)39-26(42)40-23-18(30)7-6-16(22(23)31)14-37-25(44)27(2,3)4/h6-7,12-13H,5,8-11,14-15H2,1-4H3,(H,37,44)(H,38,43)(H,39,40). The van der Waals surface area contributed by atoms with Crippen molar-refractivity contribution in [3.8, 4) is 0 Å². The molecule has 9 nitrogen and oxygen atoms in total. The van der Waals surface area contributed by atoms with E-state index in [1.165, 1.54) is 6.07 Å². The van der Waals surface area contributed by atoms with Crippen molar-refractivity contribution in [3.05, 3.63) is 45.4 Å². The maximum Gasteiger partial charge on any atom is 0.455 e. The zero-order chi connectivity index (χ0) is 33.3. The first kappa shape index (κ1) is 34.5. The van der Waals surface area contributed by atoms with Crippen molar-refractivity contribution in [1.82, 2.24) is 20.2 Å². The van der Waals surface area contributed by atoms with Gasteiger partial charge in [-0.25, -0.2) is 4.98 Å². The van der Waals surface area contributed by atoms with Crippen LogP contribution in [0.25, 0.3) is 11.0 Å². The maximum absolute atomic E-state index is 13.6. The second kappa shape index (κ2) is 13.2. The number of carbonyl (C=O) groups excluding carboxylic acids is 2. The number of rotatable bonds is 9. The molecule has 0 atom stereocenters. The van der Waals surface area contributed by atoms with Gasteiger partial charge in [-0.3, -0.25) is 9.59 Å². The third-order valence-electron chi connectivity index (χ3n) is 7.19. The van der Waals surface area contributed by atoms with Crippen molar-refractivity contribution in [2.24, 2.45) is 5.41 Å². The Bertz CT molecular complexity index is 1580. The summed E-state index contributed by atoms with van der Waals surface area (Å²) < 4.78 is 72.7. The molecule has 1 aliphatic rings. The van der Waals surface area contributed by atoms with Gasteiger partial charge in [0.1, 0.15) is 0 Å². The van der Waals surface area contributed by atoms with Crippen molar-refractivity contribution in [1.29, 1.82) is 0 Å². The number of fused-ring (bicyclic) bond motifs is 1. The van der Waals surface area contributed by atoms with E-state index < -0.39 is 30.0 Å². The van der Waals surface area contributed by atoms with Gasteiger partial charge in [-0.05, 0) is 30.7 Å². The number of benzene rings is 2. The van der Waals surface area contributed by atoms with E-state index in [1.807, 2.05) is 6.92 Å². The fourth-order valence-corrected chi connectivity index (χ4v) is 5.14. The average Bonchev–Trinajstić information content (AvgIpc) is 3.32. The lowest BCUT2D eigenvalue weighted by atomic mass is 9.95. The highest BCUT2D eigenvalue weighted by Crippen LogP contribution is 2.38. The van der Waals surface area contributed by atoms with E-state index in [4.69, 9.17) is 27.9 Å². The molecule has 2 heterocycles. The number of hydrogen-bond donors (Lipinski definition) is 3.